The highest BCUT2D eigenvalue weighted by Gasteiger charge is 2.34. The average Bonchev–Trinajstić information content (AvgIpc) is 2.93. The molecule has 0 aliphatic heterocycles. The van der Waals surface area contributed by atoms with Gasteiger partial charge in [-0.05, 0) is 42.2 Å². The summed E-state index contributed by atoms with van der Waals surface area (Å²) < 4.78 is 0. The number of fused-ring (bicyclic) bond motifs is 1. The molecule has 3 aromatic carbocycles. The summed E-state index contributed by atoms with van der Waals surface area (Å²) in [5.74, 6) is -0.540. The number of rotatable bonds is 11. The summed E-state index contributed by atoms with van der Waals surface area (Å²) >= 11 is 0. The molecule has 0 unspecified atom stereocenters. The van der Waals surface area contributed by atoms with Gasteiger partial charge in [-0.25, -0.2) is 4.79 Å². The monoisotopic (exact) mass is 529 g/mol. The smallest absolute Gasteiger partial charge is 0.407 e. The summed E-state index contributed by atoms with van der Waals surface area (Å²) in [6, 6.07) is 23.3. The fourth-order valence-electron chi connectivity index (χ4n) is 4.65. The lowest BCUT2D eigenvalue weighted by Gasteiger charge is -2.36. The predicted octanol–water partition coefficient (Wildman–Crippen LogP) is 5.25. The molecule has 0 radical (unpaired) electrons. The molecule has 0 fully saturated rings. The molecule has 1 N–H and O–H groups in total. The second-order valence-corrected chi connectivity index (χ2v) is 10.7. The van der Waals surface area contributed by atoms with E-state index in [9.17, 15) is 19.5 Å². The van der Waals surface area contributed by atoms with E-state index < -0.39 is 17.7 Å². The number of hydrogen-bond acceptors (Lipinski definition) is 3. The Bertz CT molecular complexity index is 1340. The van der Waals surface area contributed by atoms with Crippen LogP contribution < -0.4 is 0 Å². The van der Waals surface area contributed by atoms with Gasteiger partial charge in [-0.3, -0.25) is 9.59 Å². The van der Waals surface area contributed by atoms with Crippen molar-refractivity contribution in [1.29, 1.82) is 0 Å². The standard InChI is InChI=1S/C32H39N3O4/c1-23(22-32(2,3)35(6)31(38)39)29(36)34(5)28(21-25-16-17-26-14-10-11-15-27(26)20-25)30(37)33(4)19-18-24-12-8-7-9-13-24/h7-17,20,28H,1,18-19,21-22H2,2-6H3,(H,38,39)/t28-/m1/s1. The summed E-state index contributed by atoms with van der Waals surface area (Å²) in [5.41, 5.74) is 1.48. The van der Waals surface area contributed by atoms with Crippen molar-refractivity contribution in [3.63, 3.8) is 0 Å². The number of amides is 3. The van der Waals surface area contributed by atoms with Crippen LogP contribution >= 0.6 is 0 Å². The SMILES string of the molecule is C=C(CC(C)(C)N(C)C(=O)O)C(=O)N(C)[C@H](Cc1ccc2ccccc2c1)C(=O)N(C)CCc1ccccc1. The van der Waals surface area contributed by atoms with Crippen LogP contribution in [0, 0.1) is 0 Å². The van der Waals surface area contributed by atoms with Crippen LogP contribution in [-0.2, 0) is 22.4 Å². The Kier molecular flexibility index (Phi) is 9.51. The van der Waals surface area contributed by atoms with Gasteiger partial charge in [0.15, 0.2) is 0 Å². The predicted molar refractivity (Wildman–Crippen MR) is 156 cm³/mol. The van der Waals surface area contributed by atoms with Crippen molar-refractivity contribution in [3.8, 4) is 0 Å². The second kappa shape index (κ2) is 12.6. The summed E-state index contributed by atoms with van der Waals surface area (Å²) in [7, 11) is 4.85. The third kappa shape index (κ3) is 7.47. The topological polar surface area (TPSA) is 81.2 Å². The molecule has 0 spiro atoms. The molecule has 7 nitrogen and oxygen atoms in total. The highest BCUT2D eigenvalue weighted by Crippen LogP contribution is 2.24. The molecule has 3 aromatic rings. The van der Waals surface area contributed by atoms with Crippen molar-refractivity contribution < 1.29 is 19.5 Å². The molecule has 39 heavy (non-hydrogen) atoms. The first-order valence-corrected chi connectivity index (χ1v) is 13.1. The normalized spacial score (nSPS) is 12.0. The molecule has 3 amide bonds. The third-order valence-corrected chi connectivity index (χ3v) is 7.41. The van der Waals surface area contributed by atoms with E-state index in [1.165, 1.54) is 16.8 Å². The molecule has 3 rings (SSSR count). The summed E-state index contributed by atoms with van der Waals surface area (Å²) in [4.78, 5) is 43.2. The van der Waals surface area contributed by atoms with E-state index in [0.717, 1.165) is 21.9 Å². The van der Waals surface area contributed by atoms with Gasteiger partial charge in [-0.1, -0.05) is 79.4 Å². The van der Waals surface area contributed by atoms with Gasteiger partial charge in [-0.2, -0.15) is 0 Å². The Balaban J connectivity index is 1.84. The van der Waals surface area contributed by atoms with Gasteiger partial charge < -0.3 is 19.8 Å². The van der Waals surface area contributed by atoms with Gasteiger partial charge in [0.1, 0.15) is 6.04 Å². The number of likely N-dealkylation sites (N-methyl/N-ethyl adjacent to an activating group) is 2. The van der Waals surface area contributed by atoms with E-state index in [1.807, 2.05) is 66.7 Å². The van der Waals surface area contributed by atoms with E-state index >= 15 is 0 Å². The van der Waals surface area contributed by atoms with Crippen LogP contribution in [0.15, 0.2) is 84.9 Å². The maximum atomic E-state index is 13.8. The Morgan fingerprint density at radius 3 is 2.13 bits per heavy atom. The number of hydrogen-bond donors (Lipinski definition) is 1. The fraction of sp³-hybridized carbons (Fsp3) is 0.344. The zero-order valence-corrected chi connectivity index (χ0v) is 23.6. The molecular weight excluding hydrogens is 490 g/mol. The van der Waals surface area contributed by atoms with Crippen LogP contribution in [0.4, 0.5) is 4.79 Å². The quantitative estimate of drug-likeness (QED) is 0.344. The maximum absolute atomic E-state index is 13.8. The first kappa shape index (κ1) is 29.4. The van der Waals surface area contributed by atoms with Gasteiger partial charge >= 0.3 is 6.09 Å². The molecule has 7 heteroatoms. The van der Waals surface area contributed by atoms with Crippen LogP contribution in [0.2, 0.25) is 0 Å². The van der Waals surface area contributed by atoms with Crippen molar-refractivity contribution in [2.24, 2.45) is 0 Å². The van der Waals surface area contributed by atoms with E-state index in [-0.39, 0.29) is 23.8 Å². The molecule has 0 saturated carbocycles. The van der Waals surface area contributed by atoms with E-state index in [1.54, 1.807) is 32.8 Å². The van der Waals surface area contributed by atoms with E-state index in [4.69, 9.17) is 0 Å². The van der Waals surface area contributed by atoms with Gasteiger partial charge in [0, 0.05) is 51.6 Å². The molecule has 0 aromatic heterocycles. The number of nitrogens with zero attached hydrogens (tertiary/aromatic N) is 3. The first-order chi connectivity index (χ1) is 18.4. The van der Waals surface area contributed by atoms with Crippen LogP contribution in [0.3, 0.4) is 0 Å². The Labute approximate surface area is 231 Å². The fourth-order valence-corrected chi connectivity index (χ4v) is 4.65. The van der Waals surface area contributed by atoms with E-state index in [2.05, 4.69) is 12.6 Å². The number of carboxylic acid groups (broad SMARTS) is 1. The lowest BCUT2D eigenvalue weighted by molar-refractivity contribution is -0.142. The van der Waals surface area contributed by atoms with E-state index in [0.29, 0.717) is 19.4 Å². The van der Waals surface area contributed by atoms with Crippen molar-refractivity contribution in [1.82, 2.24) is 14.7 Å². The Morgan fingerprint density at radius 1 is 0.872 bits per heavy atom. The molecule has 0 bridgehead atoms. The highest BCUT2D eigenvalue weighted by molar-refractivity contribution is 5.96. The van der Waals surface area contributed by atoms with Crippen molar-refractivity contribution in [3.05, 3.63) is 96.1 Å². The van der Waals surface area contributed by atoms with Crippen molar-refractivity contribution in [2.45, 2.75) is 44.7 Å². The minimum Gasteiger partial charge on any atom is -0.465 e. The third-order valence-electron chi connectivity index (χ3n) is 7.41. The van der Waals surface area contributed by atoms with Crippen molar-refractivity contribution in [2.75, 3.05) is 27.7 Å². The Morgan fingerprint density at radius 2 is 1.49 bits per heavy atom. The van der Waals surface area contributed by atoms with Gasteiger partial charge in [-0.15, -0.1) is 0 Å². The molecule has 0 aliphatic rings. The minimum absolute atomic E-state index is 0.139. The van der Waals surface area contributed by atoms with Crippen molar-refractivity contribution >= 4 is 28.7 Å². The Hall–Kier alpha value is -4.13. The van der Waals surface area contributed by atoms with Gasteiger partial charge in [0.2, 0.25) is 11.8 Å². The molecular formula is C32H39N3O4. The second-order valence-electron chi connectivity index (χ2n) is 10.7. The minimum atomic E-state index is -1.09. The lowest BCUT2D eigenvalue weighted by Crippen LogP contribution is -2.51. The number of benzene rings is 3. The molecule has 0 heterocycles. The van der Waals surface area contributed by atoms with Gasteiger partial charge in [0.25, 0.3) is 0 Å². The molecule has 1 atom stereocenters. The molecule has 206 valence electrons. The van der Waals surface area contributed by atoms with Crippen LogP contribution in [0.5, 0.6) is 0 Å². The van der Waals surface area contributed by atoms with Crippen LogP contribution in [-0.4, -0.2) is 77.0 Å². The van der Waals surface area contributed by atoms with Crippen LogP contribution in [0.25, 0.3) is 10.8 Å². The largest absolute Gasteiger partial charge is 0.465 e. The molecule has 0 saturated heterocycles. The zero-order valence-electron chi connectivity index (χ0n) is 23.6. The number of carbonyl (C=O) groups excluding carboxylic acids is 2. The average molecular weight is 530 g/mol. The first-order valence-electron chi connectivity index (χ1n) is 13.1. The lowest BCUT2D eigenvalue weighted by atomic mass is 9.93. The number of carbonyl (C=O) groups is 3. The summed E-state index contributed by atoms with van der Waals surface area (Å²) in [5, 5.41) is 11.6. The van der Waals surface area contributed by atoms with Gasteiger partial charge in [0.05, 0.1) is 0 Å². The van der Waals surface area contributed by atoms with Crippen LogP contribution in [0.1, 0.15) is 31.4 Å². The maximum Gasteiger partial charge on any atom is 0.407 e. The summed E-state index contributed by atoms with van der Waals surface area (Å²) in [6.07, 6.45) is 0.0942. The highest BCUT2D eigenvalue weighted by atomic mass is 16.4. The molecule has 0 aliphatic carbocycles. The zero-order chi connectivity index (χ0) is 28.7. The summed E-state index contributed by atoms with van der Waals surface area (Å²) in [6.45, 7) is 7.98.